The minimum atomic E-state index is -0.506. The highest BCUT2D eigenvalue weighted by molar-refractivity contribution is 7.80. The summed E-state index contributed by atoms with van der Waals surface area (Å²) in [6.45, 7) is 2.71. The molecule has 1 heterocycles. The molecule has 1 atom stereocenters. The van der Waals surface area contributed by atoms with Gasteiger partial charge in [-0.05, 0) is 19.1 Å². The highest BCUT2D eigenvalue weighted by atomic mass is 32.1. The monoisotopic (exact) mass is 266 g/mol. The van der Waals surface area contributed by atoms with Crippen molar-refractivity contribution in [2.75, 3.05) is 18.5 Å². The molecule has 2 rings (SSSR count). The van der Waals surface area contributed by atoms with E-state index >= 15 is 0 Å². The van der Waals surface area contributed by atoms with Crippen LogP contribution in [0.25, 0.3) is 0 Å². The van der Waals surface area contributed by atoms with Gasteiger partial charge in [-0.15, -0.1) is 0 Å². The molecule has 96 valence electrons. The Morgan fingerprint density at radius 2 is 2.06 bits per heavy atom. The second-order valence-electron chi connectivity index (χ2n) is 3.97. The number of nitrogens with one attached hydrogen (secondary N) is 1. The zero-order valence-corrected chi connectivity index (χ0v) is 10.8. The van der Waals surface area contributed by atoms with Gasteiger partial charge in [0.2, 0.25) is 5.91 Å². The maximum absolute atomic E-state index is 11.8. The van der Waals surface area contributed by atoms with Gasteiger partial charge in [0.1, 0.15) is 13.2 Å². The Balaban J connectivity index is 2.10. The van der Waals surface area contributed by atoms with Gasteiger partial charge in [-0.2, -0.15) is 0 Å². The summed E-state index contributed by atoms with van der Waals surface area (Å²) in [6, 6.07) is 5.23. The van der Waals surface area contributed by atoms with Crippen LogP contribution in [0.5, 0.6) is 11.5 Å². The molecule has 5 nitrogen and oxygen atoms in total. The topological polar surface area (TPSA) is 73.6 Å². The SMILES string of the molecule is CC(C(=O)Nc1ccc2c(c1)OCCO2)C(N)=S. The third kappa shape index (κ3) is 2.70. The van der Waals surface area contributed by atoms with E-state index in [1.54, 1.807) is 25.1 Å². The molecule has 0 aromatic heterocycles. The van der Waals surface area contributed by atoms with Gasteiger partial charge in [0.05, 0.1) is 10.9 Å². The number of nitrogens with two attached hydrogens (primary N) is 1. The lowest BCUT2D eigenvalue weighted by molar-refractivity contribution is -0.117. The number of anilines is 1. The highest BCUT2D eigenvalue weighted by Crippen LogP contribution is 2.32. The first-order valence-electron chi connectivity index (χ1n) is 5.58. The fraction of sp³-hybridized carbons (Fsp3) is 0.333. The molecule has 1 amide bonds. The van der Waals surface area contributed by atoms with E-state index in [4.69, 9.17) is 27.4 Å². The third-order valence-corrected chi connectivity index (χ3v) is 2.98. The number of thiocarbonyl (C=S) groups is 1. The lowest BCUT2D eigenvalue weighted by Crippen LogP contribution is -2.30. The standard InChI is InChI=1S/C12H14N2O3S/c1-7(11(13)18)12(15)14-8-2-3-9-10(6-8)17-5-4-16-9/h2-3,6-7H,4-5H2,1H3,(H2,13,18)(H,14,15). The minimum absolute atomic E-state index is 0.171. The number of hydrogen-bond donors (Lipinski definition) is 2. The summed E-state index contributed by atoms with van der Waals surface area (Å²) < 4.78 is 10.8. The average molecular weight is 266 g/mol. The van der Waals surface area contributed by atoms with Crippen LogP contribution in [0.2, 0.25) is 0 Å². The zero-order chi connectivity index (χ0) is 13.1. The van der Waals surface area contributed by atoms with Crippen molar-refractivity contribution >= 4 is 28.8 Å². The molecule has 1 aliphatic heterocycles. The first kappa shape index (κ1) is 12.6. The molecular formula is C12H14N2O3S. The fourth-order valence-electron chi connectivity index (χ4n) is 1.50. The summed E-state index contributed by atoms with van der Waals surface area (Å²) in [5.74, 6) is 0.566. The third-order valence-electron chi connectivity index (χ3n) is 2.63. The van der Waals surface area contributed by atoms with Crippen molar-refractivity contribution in [3.8, 4) is 11.5 Å². The largest absolute Gasteiger partial charge is 0.486 e. The Morgan fingerprint density at radius 1 is 1.39 bits per heavy atom. The molecule has 1 aliphatic rings. The number of hydrogen-bond acceptors (Lipinski definition) is 4. The van der Waals surface area contributed by atoms with Gasteiger partial charge in [0, 0.05) is 11.8 Å². The van der Waals surface area contributed by atoms with Gasteiger partial charge in [-0.1, -0.05) is 12.2 Å². The minimum Gasteiger partial charge on any atom is -0.486 e. The smallest absolute Gasteiger partial charge is 0.234 e. The highest BCUT2D eigenvalue weighted by Gasteiger charge is 2.17. The molecule has 0 saturated carbocycles. The Hall–Kier alpha value is -1.82. The van der Waals surface area contributed by atoms with Crippen molar-refractivity contribution in [2.24, 2.45) is 11.7 Å². The molecule has 0 radical (unpaired) electrons. The van der Waals surface area contributed by atoms with Crippen LogP contribution in [-0.4, -0.2) is 24.1 Å². The Morgan fingerprint density at radius 3 is 2.72 bits per heavy atom. The average Bonchev–Trinajstić information content (AvgIpc) is 2.37. The molecule has 18 heavy (non-hydrogen) atoms. The molecule has 0 bridgehead atoms. The van der Waals surface area contributed by atoms with Crippen LogP contribution in [0, 0.1) is 5.92 Å². The molecule has 3 N–H and O–H groups in total. The van der Waals surface area contributed by atoms with Gasteiger partial charge in [0.15, 0.2) is 11.5 Å². The molecule has 0 fully saturated rings. The summed E-state index contributed by atoms with van der Waals surface area (Å²) in [4.78, 5) is 11.9. The van der Waals surface area contributed by atoms with E-state index in [1.165, 1.54) is 0 Å². The van der Waals surface area contributed by atoms with E-state index in [0.29, 0.717) is 30.4 Å². The summed E-state index contributed by atoms with van der Waals surface area (Å²) in [7, 11) is 0. The number of rotatable bonds is 3. The van der Waals surface area contributed by atoms with Crippen molar-refractivity contribution in [1.82, 2.24) is 0 Å². The Bertz CT molecular complexity index is 490. The summed E-state index contributed by atoms with van der Waals surface area (Å²) >= 11 is 4.78. The molecular weight excluding hydrogens is 252 g/mol. The molecule has 1 aromatic rings. The van der Waals surface area contributed by atoms with Gasteiger partial charge < -0.3 is 20.5 Å². The maximum Gasteiger partial charge on any atom is 0.234 e. The van der Waals surface area contributed by atoms with E-state index in [-0.39, 0.29) is 10.9 Å². The van der Waals surface area contributed by atoms with Crippen molar-refractivity contribution in [1.29, 1.82) is 0 Å². The summed E-state index contributed by atoms with van der Waals surface area (Å²) in [5.41, 5.74) is 6.06. The Kier molecular flexibility index (Phi) is 3.66. The van der Waals surface area contributed by atoms with Crippen LogP contribution >= 0.6 is 12.2 Å². The number of amides is 1. The second kappa shape index (κ2) is 5.22. The molecule has 0 aliphatic carbocycles. The quantitative estimate of drug-likeness (QED) is 0.807. The maximum atomic E-state index is 11.8. The van der Waals surface area contributed by atoms with Crippen LogP contribution in [0.15, 0.2) is 18.2 Å². The summed E-state index contributed by atoms with van der Waals surface area (Å²) in [5, 5.41) is 2.73. The van der Waals surface area contributed by atoms with Crippen LogP contribution in [0.1, 0.15) is 6.92 Å². The van der Waals surface area contributed by atoms with Gasteiger partial charge >= 0.3 is 0 Å². The lowest BCUT2D eigenvalue weighted by atomic mass is 10.1. The lowest BCUT2D eigenvalue weighted by Gasteiger charge is -2.19. The van der Waals surface area contributed by atoms with Crippen molar-refractivity contribution in [2.45, 2.75) is 6.92 Å². The number of ether oxygens (including phenoxy) is 2. The van der Waals surface area contributed by atoms with E-state index in [0.717, 1.165) is 0 Å². The van der Waals surface area contributed by atoms with Gasteiger partial charge in [-0.3, -0.25) is 4.79 Å². The Labute approximate surface area is 110 Å². The molecule has 1 unspecified atom stereocenters. The number of carbonyl (C=O) groups excluding carboxylic acids is 1. The van der Waals surface area contributed by atoms with Gasteiger partial charge in [0.25, 0.3) is 0 Å². The van der Waals surface area contributed by atoms with Crippen LogP contribution in [0.3, 0.4) is 0 Å². The second-order valence-corrected chi connectivity index (χ2v) is 4.44. The first-order chi connectivity index (χ1) is 8.58. The van der Waals surface area contributed by atoms with Gasteiger partial charge in [-0.25, -0.2) is 0 Å². The summed E-state index contributed by atoms with van der Waals surface area (Å²) in [6.07, 6.45) is 0. The first-order valence-corrected chi connectivity index (χ1v) is 5.98. The zero-order valence-electron chi connectivity index (χ0n) is 9.93. The van der Waals surface area contributed by atoms with E-state index < -0.39 is 5.92 Å². The molecule has 0 saturated heterocycles. The number of fused-ring (bicyclic) bond motifs is 1. The molecule has 6 heteroatoms. The normalized spacial score (nSPS) is 14.7. The van der Waals surface area contributed by atoms with E-state index in [2.05, 4.69) is 5.32 Å². The van der Waals surface area contributed by atoms with Crippen molar-refractivity contribution in [3.05, 3.63) is 18.2 Å². The number of carbonyl (C=O) groups is 1. The molecule has 1 aromatic carbocycles. The van der Waals surface area contributed by atoms with Crippen LogP contribution < -0.4 is 20.5 Å². The van der Waals surface area contributed by atoms with Crippen molar-refractivity contribution in [3.63, 3.8) is 0 Å². The number of benzene rings is 1. The molecule has 0 spiro atoms. The fourth-order valence-corrected chi connectivity index (χ4v) is 1.61. The predicted molar refractivity (Wildman–Crippen MR) is 72.0 cm³/mol. The predicted octanol–water partition coefficient (Wildman–Crippen LogP) is 1.32. The van der Waals surface area contributed by atoms with E-state index in [1.807, 2.05) is 0 Å². The van der Waals surface area contributed by atoms with Crippen LogP contribution in [0.4, 0.5) is 5.69 Å². The van der Waals surface area contributed by atoms with Crippen molar-refractivity contribution < 1.29 is 14.3 Å². The van der Waals surface area contributed by atoms with Crippen LogP contribution in [-0.2, 0) is 4.79 Å². The van der Waals surface area contributed by atoms with E-state index in [9.17, 15) is 4.79 Å².